The Balaban J connectivity index is 1.87. The summed E-state index contributed by atoms with van der Waals surface area (Å²) in [4.78, 5) is 33.5. The first-order valence-corrected chi connectivity index (χ1v) is 7.25. The molecule has 0 bridgehead atoms. The highest BCUT2D eigenvalue weighted by Crippen LogP contribution is 2.27. The highest BCUT2D eigenvalue weighted by atomic mass is 35.5. The summed E-state index contributed by atoms with van der Waals surface area (Å²) in [5.74, 6) is -1.04. The van der Waals surface area contributed by atoms with Crippen molar-refractivity contribution in [2.24, 2.45) is 5.92 Å². The first-order valence-electron chi connectivity index (χ1n) is 6.88. The van der Waals surface area contributed by atoms with E-state index in [4.69, 9.17) is 16.3 Å². The molecule has 0 atom stereocenters. The lowest BCUT2D eigenvalue weighted by Gasteiger charge is -2.10. The molecule has 118 valence electrons. The molecular weight excluding hydrogens is 312 g/mol. The smallest absolute Gasteiger partial charge is 0.309 e. The number of ether oxygens (including phenoxy) is 1. The van der Waals surface area contributed by atoms with Crippen LogP contribution in [0, 0.1) is 16.0 Å². The average Bonchev–Trinajstić information content (AvgIpc) is 3.01. The Morgan fingerprint density at radius 1 is 1.36 bits per heavy atom. The number of anilines is 1. The number of nitro groups is 1. The van der Waals surface area contributed by atoms with E-state index in [1.54, 1.807) is 0 Å². The average molecular weight is 327 g/mol. The molecule has 0 spiro atoms. The molecule has 0 aromatic heterocycles. The number of amides is 1. The number of hydrogen-bond acceptors (Lipinski definition) is 5. The van der Waals surface area contributed by atoms with Crippen LogP contribution in [0.25, 0.3) is 0 Å². The number of nitrogens with one attached hydrogen (secondary N) is 1. The van der Waals surface area contributed by atoms with Gasteiger partial charge in [-0.15, -0.1) is 0 Å². The van der Waals surface area contributed by atoms with Crippen LogP contribution in [0.4, 0.5) is 11.4 Å². The SMILES string of the molecule is O=C(COC(=O)C1CCCC1)Nc1ccc(Cl)c([N+](=O)[O-])c1. The van der Waals surface area contributed by atoms with Gasteiger partial charge in [0.1, 0.15) is 5.02 Å². The quantitative estimate of drug-likeness (QED) is 0.509. The Morgan fingerprint density at radius 3 is 2.68 bits per heavy atom. The van der Waals surface area contributed by atoms with E-state index in [1.807, 2.05) is 0 Å². The fourth-order valence-corrected chi connectivity index (χ4v) is 2.53. The minimum atomic E-state index is -0.641. The molecule has 2 rings (SSSR count). The molecule has 0 heterocycles. The van der Waals surface area contributed by atoms with Crippen molar-refractivity contribution in [2.75, 3.05) is 11.9 Å². The number of nitro benzene ring substituents is 1. The van der Waals surface area contributed by atoms with E-state index in [9.17, 15) is 19.7 Å². The second-order valence-electron chi connectivity index (χ2n) is 5.06. The maximum Gasteiger partial charge on any atom is 0.309 e. The van der Waals surface area contributed by atoms with Gasteiger partial charge in [0, 0.05) is 11.8 Å². The second-order valence-corrected chi connectivity index (χ2v) is 5.47. The van der Waals surface area contributed by atoms with E-state index in [2.05, 4.69) is 5.32 Å². The van der Waals surface area contributed by atoms with Crippen molar-refractivity contribution in [2.45, 2.75) is 25.7 Å². The van der Waals surface area contributed by atoms with Crippen LogP contribution in [0.2, 0.25) is 5.02 Å². The number of carbonyl (C=O) groups excluding carboxylic acids is 2. The van der Waals surface area contributed by atoms with Crippen LogP contribution < -0.4 is 5.32 Å². The molecule has 1 aliphatic rings. The van der Waals surface area contributed by atoms with Gasteiger partial charge in [-0.05, 0) is 25.0 Å². The Labute approximate surface area is 131 Å². The van der Waals surface area contributed by atoms with Crippen molar-refractivity contribution in [1.29, 1.82) is 0 Å². The largest absolute Gasteiger partial charge is 0.455 e. The third kappa shape index (κ3) is 4.17. The van der Waals surface area contributed by atoms with E-state index in [1.165, 1.54) is 12.1 Å². The number of benzene rings is 1. The normalized spacial score (nSPS) is 14.6. The topological polar surface area (TPSA) is 98.5 Å². The van der Waals surface area contributed by atoms with Gasteiger partial charge in [0.2, 0.25) is 0 Å². The van der Waals surface area contributed by atoms with Crippen LogP contribution in [0.1, 0.15) is 25.7 Å². The minimum absolute atomic E-state index is 0.0179. The molecule has 1 aliphatic carbocycles. The summed E-state index contributed by atoms with van der Waals surface area (Å²) >= 11 is 5.68. The Kier molecular flexibility index (Phi) is 5.32. The summed E-state index contributed by atoms with van der Waals surface area (Å²) < 4.78 is 4.95. The summed E-state index contributed by atoms with van der Waals surface area (Å²) in [5, 5.41) is 13.2. The number of halogens is 1. The van der Waals surface area contributed by atoms with Crippen LogP contribution in [0.15, 0.2) is 18.2 Å². The van der Waals surface area contributed by atoms with Crippen molar-refractivity contribution >= 4 is 34.9 Å². The van der Waals surface area contributed by atoms with Crippen molar-refractivity contribution in [1.82, 2.24) is 0 Å². The maximum absolute atomic E-state index is 11.7. The molecule has 8 heteroatoms. The molecule has 1 amide bonds. The fraction of sp³-hybridized carbons (Fsp3) is 0.429. The maximum atomic E-state index is 11.7. The molecule has 1 N–H and O–H groups in total. The molecule has 1 saturated carbocycles. The molecule has 1 aromatic carbocycles. The van der Waals surface area contributed by atoms with E-state index in [0.29, 0.717) is 0 Å². The van der Waals surface area contributed by atoms with E-state index >= 15 is 0 Å². The first kappa shape index (κ1) is 16.2. The van der Waals surface area contributed by atoms with E-state index in [-0.39, 0.29) is 28.3 Å². The van der Waals surface area contributed by atoms with Gasteiger partial charge in [0.05, 0.1) is 10.8 Å². The Hall–Kier alpha value is -2.15. The summed E-state index contributed by atoms with van der Waals surface area (Å²) in [7, 11) is 0. The van der Waals surface area contributed by atoms with Gasteiger partial charge in [0.25, 0.3) is 11.6 Å². The van der Waals surface area contributed by atoms with Crippen molar-refractivity contribution in [3.63, 3.8) is 0 Å². The highest BCUT2D eigenvalue weighted by Gasteiger charge is 2.24. The van der Waals surface area contributed by atoms with E-state index in [0.717, 1.165) is 31.7 Å². The van der Waals surface area contributed by atoms with Gasteiger partial charge in [0.15, 0.2) is 6.61 Å². The van der Waals surface area contributed by atoms with Gasteiger partial charge in [-0.25, -0.2) is 0 Å². The van der Waals surface area contributed by atoms with Gasteiger partial charge < -0.3 is 10.1 Å². The molecular formula is C14H15ClN2O5. The second kappa shape index (κ2) is 7.22. The van der Waals surface area contributed by atoms with Crippen LogP contribution in [-0.4, -0.2) is 23.4 Å². The molecule has 1 fully saturated rings. The third-order valence-corrected chi connectivity index (χ3v) is 3.78. The van der Waals surface area contributed by atoms with E-state index < -0.39 is 17.4 Å². The van der Waals surface area contributed by atoms with Crippen molar-refractivity contribution in [3.8, 4) is 0 Å². The van der Waals surface area contributed by atoms with Crippen LogP contribution in [0.5, 0.6) is 0 Å². The monoisotopic (exact) mass is 326 g/mol. The highest BCUT2D eigenvalue weighted by molar-refractivity contribution is 6.32. The molecule has 22 heavy (non-hydrogen) atoms. The standard InChI is InChI=1S/C14H15ClN2O5/c15-11-6-5-10(7-12(11)17(20)21)16-13(18)8-22-14(19)9-3-1-2-4-9/h5-7,9H,1-4,8H2,(H,16,18). The minimum Gasteiger partial charge on any atom is -0.455 e. The molecule has 0 radical (unpaired) electrons. The summed E-state index contributed by atoms with van der Waals surface area (Å²) in [5.41, 5.74) is -0.0829. The number of nitrogens with zero attached hydrogens (tertiary/aromatic N) is 1. The zero-order valence-corrected chi connectivity index (χ0v) is 12.5. The predicted octanol–water partition coefficient (Wildman–Crippen LogP) is 2.92. The van der Waals surface area contributed by atoms with Crippen LogP contribution in [-0.2, 0) is 14.3 Å². The summed E-state index contributed by atoms with van der Waals surface area (Å²) in [6.45, 7) is -0.411. The summed E-state index contributed by atoms with van der Waals surface area (Å²) in [6.07, 6.45) is 3.59. The Bertz CT molecular complexity index is 599. The van der Waals surface area contributed by atoms with Gasteiger partial charge in [-0.3, -0.25) is 19.7 Å². The third-order valence-electron chi connectivity index (χ3n) is 3.46. The molecule has 7 nitrogen and oxygen atoms in total. The van der Waals surface area contributed by atoms with Gasteiger partial charge in [-0.1, -0.05) is 24.4 Å². The van der Waals surface area contributed by atoms with Crippen LogP contribution >= 0.6 is 11.6 Å². The number of carbonyl (C=O) groups is 2. The van der Waals surface area contributed by atoms with Gasteiger partial charge in [-0.2, -0.15) is 0 Å². The molecule has 1 aromatic rings. The zero-order chi connectivity index (χ0) is 16.1. The lowest BCUT2D eigenvalue weighted by molar-refractivity contribution is -0.384. The van der Waals surface area contributed by atoms with Crippen LogP contribution in [0.3, 0.4) is 0 Å². The molecule has 0 saturated heterocycles. The van der Waals surface area contributed by atoms with Crippen molar-refractivity contribution < 1.29 is 19.2 Å². The van der Waals surface area contributed by atoms with Crippen molar-refractivity contribution in [3.05, 3.63) is 33.3 Å². The number of esters is 1. The number of rotatable bonds is 5. The Morgan fingerprint density at radius 2 is 2.05 bits per heavy atom. The first-order chi connectivity index (χ1) is 10.5. The number of hydrogen-bond donors (Lipinski definition) is 1. The zero-order valence-electron chi connectivity index (χ0n) is 11.7. The lowest BCUT2D eigenvalue weighted by Crippen LogP contribution is -2.23. The molecule has 0 unspecified atom stereocenters. The predicted molar refractivity (Wildman–Crippen MR) is 79.7 cm³/mol. The summed E-state index contributed by atoms with van der Waals surface area (Å²) in [6, 6.07) is 3.91. The molecule has 0 aliphatic heterocycles. The van der Waals surface area contributed by atoms with Gasteiger partial charge >= 0.3 is 5.97 Å². The lowest BCUT2D eigenvalue weighted by atomic mass is 10.1. The fourth-order valence-electron chi connectivity index (χ4n) is 2.34.